The predicted octanol–water partition coefficient (Wildman–Crippen LogP) is 2.26. The van der Waals surface area contributed by atoms with Crippen LogP contribution < -0.4 is 0 Å². The summed E-state index contributed by atoms with van der Waals surface area (Å²) in [4.78, 5) is 24.4. The van der Waals surface area contributed by atoms with Crippen molar-refractivity contribution in [3.8, 4) is 0 Å². The van der Waals surface area contributed by atoms with Gasteiger partial charge in [0.1, 0.15) is 11.6 Å². The molecule has 0 spiro atoms. The first kappa shape index (κ1) is 17.1. The predicted molar refractivity (Wildman–Crippen MR) is 73.1 cm³/mol. The van der Waals surface area contributed by atoms with E-state index in [1.165, 1.54) is 4.90 Å². The minimum Gasteiger partial charge on any atom is -0.480 e. The van der Waals surface area contributed by atoms with E-state index in [-0.39, 0.29) is 11.7 Å². The fourth-order valence-electron chi connectivity index (χ4n) is 1.35. The smallest absolute Gasteiger partial charge is 0.411 e. The Hall–Kier alpha value is -0.910. The number of carbonyl (C=O) groups is 2. The van der Waals surface area contributed by atoms with Gasteiger partial charge >= 0.3 is 12.1 Å². The number of amides is 1. The molecule has 1 amide bonds. The standard InChI is InChI=1S/C12H23NO4S/c1-8(2)6-13(9(7-18)10(14)15)11(16)17-12(3,4)5/h8-9,18H,6-7H2,1-5H3,(H,14,15). The summed E-state index contributed by atoms with van der Waals surface area (Å²) in [6.07, 6.45) is -0.613. The lowest BCUT2D eigenvalue weighted by Crippen LogP contribution is -2.49. The molecule has 6 heteroatoms. The van der Waals surface area contributed by atoms with Crippen LogP contribution in [0.2, 0.25) is 0 Å². The van der Waals surface area contributed by atoms with Crippen molar-refractivity contribution in [1.82, 2.24) is 4.90 Å². The van der Waals surface area contributed by atoms with Crippen molar-refractivity contribution in [2.75, 3.05) is 12.3 Å². The van der Waals surface area contributed by atoms with E-state index in [0.29, 0.717) is 6.54 Å². The maximum Gasteiger partial charge on any atom is 0.411 e. The van der Waals surface area contributed by atoms with Crippen LogP contribution in [0.4, 0.5) is 4.79 Å². The molecule has 0 saturated carbocycles. The average molecular weight is 277 g/mol. The van der Waals surface area contributed by atoms with Crippen molar-refractivity contribution in [1.29, 1.82) is 0 Å². The first-order chi connectivity index (χ1) is 8.08. The summed E-state index contributed by atoms with van der Waals surface area (Å²) in [5, 5.41) is 9.11. The summed E-state index contributed by atoms with van der Waals surface area (Å²) in [7, 11) is 0. The van der Waals surface area contributed by atoms with Crippen LogP contribution in [0.15, 0.2) is 0 Å². The lowest BCUT2D eigenvalue weighted by atomic mass is 10.1. The summed E-state index contributed by atoms with van der Waals surface area (Å²) < 4.78 is 5.22. The van der Waals surface area contributed by atoms with Crippen molar-refractivity contribution in [2.24, 2.45) is 5.92 Å². The molecular formula is C12H23NO4S. The van der Waals surface area contributed by atoms with Crippen molar-refractivity contribution < 1.29 is 19.4 Å². The Bertz CT molecular complexity index is 299. The van der Waals surface area contributed by atoms with Gasteiger partial charge in [0.15, 0.2) is 0 Å². The van der Waals surface area contributed by atoms with E-state index in [4.69, 9.17) is 9.84 Å². The second-order valence-corrected chi connectivity index (χ2v) is 5.93. The zero-order valence-corrected chi connectivity index (χ0v) is 12.5. The van der Waals surface area contributed by atoms with Gasteiger partial charge in [-0.1, -0.05) is 13.8 Å². The first-order valence-electron chi connectivity index (χ1n) is 5.91. The minimum absolute atomic E-state index is 0.0568. The van der Waals surface area contributed by atoms with E-state index < -0.39 is 23.7 Å². The molecule has 0 aromatic rings. The topological polar surface area (TPSA) is 66.8 Å². The molecule has 0 aliphatic carbocycles. The molecule has 0 fully saturated rings. The molecule has 0 saturated heterocycles. The van der Waals surface area contributed by atoms with E-state index in [1.54, 1.807) is 20.8 Å². The fourth-order valence-corrected chi connectivity index (χ4v) is 1.71. The molecule has 0 aromatic heterocycles. The van der Waals surface area contributed by atoms with Gasteiger partial charge in [-0.2, -0.15) is 12.6 Å². The molecule has 0 heterocycles. The lowest BCUT2D eigenvalue weighted by molar-refractivity contribution is -0.142. The molecule has 0 bridgehead atoms. The van der Waals surface area contributed by atoms with Crippen LogP contribution in [-0.2, 0) is 9.53 Å². The molecule has 18 heavy (non-hydrogen) atoms. The molecule has 0 rings (SSSR count). The highest BCUT2D eigenvalue weighted by Crippen LogP contribution is 2.14. The van der Waals surface area contributed by atoms with Crippen LogP contribution in [0.1, 0.15) is 34.6 Å². The summed E-state index contributed by atoms with van der Waals surface area (Å²) in [5.41, 5.74) is -0.647. The Morgan fingerprint density at radius 3 is 2.11 bits per heavy atom. The highest BCUT2D eigenvalue weighted by molar-refractivity contribution is 7.80. The van der Waals surface area contributed by atoms with Crippen molar-refractivity contribution in [2.45, 2.75) is 46.3 Å². The van der Waals surface area contributed by atoms with Gasteiger partial charge in [-0.15, -0.1) is 0 Å². The number of carboxylic acids is 1. The van der Waals surface area contributed by atoms with Gasteiger partial charge in [-0.25, -0.2) is 9.59 Å². The largest absolute Gasteiger partial charge is 0.480 e. The number of carbonyl (C=O) groups excluding carboxylic acids is 1. The maximum absolute atomic E-state index is 12.0. The number of thiol groups is 1. The van der Waals surface area contributed by atoms with E-state index in [2.05, 4.69) is 12.6 Å². The van der Waals surface area contributed by atoms with E-state index in [0.717, 1.165) is 0 Å². The molecule has 0 aromatic carbocycles. The average Bonchev–Trinajstić information content (AvgIpc) is 2.13. The van der Waals surface area contributed by atoms with Crippen LogP contribution in [0.5, 0.6) is 0 Å². The number of aliphatic carboxylic acids is 1. The molecule has 0 aliphatic heterocycles. The molecule has 1 atom stereocenters. The monoisotopic (exact) mass is 277 g/mol. The molecular weight excluding hydrogens is 254 g/mol. The van der Waals surface area contributed by atoms with E-state index in [9.17, 15) is 9.59 Å². The summed E-state index contributed by atoms with van der Waals surface area (Å²) in [6.45, 7) is 9.38. The second-order valence-electron chi connectivity index (χ2n) is 5.56. The van der Waals surface area contributed by atoms with Gasteiger partial charge in [0.25, 0.3) is 0 Å². The minimum atomic E-state index is -1.07. The number of hydrogen-bond donors (Lipinski definition) is 2. The van der Waals surface area contributed by atoms with Gasteiger partial charge in [0.05, 0.1) is 0 Å². The van der Waals surface area contributed by atoms with Gasteiger partial charge in [-0.05, 0) is 26.7 Å². The Balaban J connectivity index is 4.97. The zero-order valence-electron chi connectivity index (χ0n) is 11.6. The Kier molecular flexibility index (Phi) is 6.52. The molecule has 0 aliphatic rings. The highest BCUT2D eigenvalue weighted by atomic mass is 32.1. The summed E-state index contributed by atoms with van der Waals surface area (Å²) >= 11 is 3.99. The number of carboxylic acid groups (broad SMARTS) is 1. The number of hydrogen-bond acceptors (Lipinski definition) is 4. The fraction of sp³-hybridized carbons (Fsp3) is 0.833. The lowest BCUT2D eigenvalue weighted by Gasteiger charge is -2.31. The molecule has 0 radical (unpaired) electrons. The zero-order chi connectivity index (χ0) is 14.5. The van der Waals surface area contributed by atoms with Crippen molar-refractivity contribution in [3.05, 3.63) is 0 Å². The van der Waals surface area contributed by atoms with Gasteiger partial charge in [-0.3, -0.25) is 4.90 Å². The van der Waals surface area contributed by atoms with E-state index >= 15 is 0 Å². The highest BCUT2D eigenvalue weighted by Gasteiger charge is 2.32. The van der Waals surface area contributed by atoms with E-state index in [1.807, 2.05) is 13.8 Å². The third kappa shape index (κ3) is 6.14. The second kappa shape index (κ2) is 6.87. The Morgan fingerprint density at radius 1 is 1.33 bits per heavy atom. The van der Waals surface area contributed by atoms with Crippen LogP contribution in [-0.4, -0.2) is 46.0 Å². The number of nitrogens with zero attached hydrogens (tertiary/aromatic N) is 1. The quantitative estimate of drug-likeness (QED) is 0.756. The summed E-state index contributed by atoms with van der Waals surface area (Å²) in [5.74, 6) is -0.864. The molecule has 106 valence electrons. The molecule has 1 unspecified atom stereocenters. The van der Waals surface area contributed by atoms with Gasteiger partial charge < -0.3 is 9.84 Å². The van der Waals surface area contributed by atoms with Crippen molar-refractivity contribution >= 4 is 24.7 Å². The Morgan fingerprint density at radius 2 is 1.83 bits per heavy atom. The van der Waals surface area contributed by atoms with Crippen LogP contribution in [0.25, 0.3) is 0 Å². The molecule has 1 N–H and O–H groups in total. The van der Waals surface area contributed by atoms with Crippen LogP contribution in [0, 0.1) is 5.92 Å². The van der Waals surface area contributed by atoms with Crippen molar-refractivity contribution in [3.63, 3.8) is 0 Å². The SMILES string of the molecule is CC(C)CN(C(=O)OC(C)(C)C)C(CS)C(=O)O. The number of ether oxygens (including phenoxy) is 1. The first-order valence-corrected chi connectivity index (χ1v) is 6.55. The van der Waals surface area contributed by atoms with Crippen LogP contribution in [0.3, 0.4) is 0 Å². The van der Waals surface area contributed by atoms with Crippen LogP contribution >= 0.6 is 12.6 Å². The maximum atomic E-state index is 12.0. The van der Waals surface area contributed by atoms with Gasteiger partial charge in [0.2, 0.25) is 0 Å². The molecule has 5 nitrogen and oxygen atoms in total. The third-order valence-corrected chi connectivity index (χ3v) is 2.37. The normalized spacial score (nSPS) is 13.3. The van der Waals surface area contributed by atoms with Gasteiger partial charge in [0, 0.05) is 12.3 Å². The Labute approximate surface area is 114 Å². The summed E-state index contributed by atoms with van der Waals surface area (Å²) in [6, 6.07) is -0.967. The third-order valence-electron chi connectivity index (χ3n) is 2.02. The number of rotatable bonds is 5.